The van der Waals surface area contributed by atoms with E-state index >= 15 is 0 Å². The number of nitrogens with one attached hydrogen (secondary N) is 1. The van der Waals surface area contributed by atoms with Gasteiger partial charge in [-0.15, -0.1) is 0 Å². The Hall–Kier alpha value is -1.18. The van der Waals surface area contributed by atoms with E-state index in [0.29, 0.717) is 18.8 Å². The number of nitrogens with zero attached hydrogens (tertiary/aromatic N) is 2. The summed E-state index contributed by atoms with van der Waals surface area (Å²) in [6.45, 7) is 6.70. The van der Waals surface area contributed by atoms with E-state index in [0.717, 1.165) is 13.0 Å². The topological polar surface area (TPSA) is 82.5 Å². The zero-order valence-electron chi connectivity index (χ0n) is 12.9. The Morgan fingerprint density at radius 3 is 2.71 bits per heavy atom. The molecule has 1 aromatic heterocycles. The molecule has 0 amide bonds. The second-order valence-corrected chi connectivity index (χ2v) is 6.98. The van der Waals surface area contributed by atoms with Crippen LogP contribution < -0.4 is 5.32 Å². The first kappa shape index (κ1) is 17.9. The summed E-state index contributed by atoms with van der Waals surface area (Å²) in [5, 5.41) is 12.0. The van der Waals surface area contributed by atoms with Gasteiger partial charge in [-0.25, -0.2) is 13.4 Å². The van der Waals surface area contributed by atoms with Crippen molar-refractivity contribution in [3.8, 4) is 0 Å². The molecule has 0 aromatic carbocycles. The third-order valence-corrected chi connectivity index (χ3v) is 5.08. The molecule has 0 aliphatic heterocycles. The lowest BCUT2D eigenvalue weighted by molar-refractivity contribution is 0.258. The maximum Gasteiger partial charge on any atom is 0.243 e. The van der Waals surface area contributed by atoms with Crippen molar-refractivity contribution in [1.82, 2.24) is 9.29 Å². The van der Waals surface area contributed by atoms with Crippen LogP contribution in [0.3, 0.4) is 0 Å². The number of sulfonamides is 1. The van der Waals surface area contributed by atoms with Crippen molar-refractivity contribution in [1.29, 1.82) is 0 Å². The van der Waals surface area contributed by atoms with Crippen molar-refractivity contribution >= 4 is 15.8 Å². The number of hydrogen-bond donors (Lipinski definition) is 2. The molecule has 0 saturated heterocycles. The molecule has 6 nitrogen and oxygen atoms in total. The lowest BCUT2D eigenvalue weighted by Gasteiger charge is -2.25. The number of aromatic nitrogens is 1. The van der Waals surface area contributed by atoms with Crippen LogP contribution in [-0.4, -0.2) is 48.6 Å². The van der Waals surface area contributed by atoms with Gasteiger partial charge in [-0.05, 0) is 32.8 Å². The van der Waals surface area contributed by atoms with Crippen LogP contribution in [0.25, 0.3) is 0 Å². The first-order chi connectivity index (χ1) is 9.93. The van der Waals surface area contributed by atoms with Gasteiger partial charge in [-0.2, -0.15) is 4.31 Å². The molecule has 0 aliphatic carbocycles. The molecule has 0 aliphatic rings. The molecule has 1 rings (SSSR count). The fourth-order valence-electron chi connectivity index (χ4n) is 1.94. The summed E-state index contributed by atoms with van der Waals surface area (Å²) in [5.41, 5.74) is 0. The third kappa shape index (κ3) is 4.94. The lowest BCUT2D eigenvalue weighted by Crippen LogP contribution is -2.38. The van der Waals surface area contributed by atoms with Crippen LogP contribution >= 0.6 is 0 Å². The van der Waals surface area contributed by atoms with E-state index in [2.05, 4.69) is 10.3 Å². The van der Waals surface area contributed by atoms with Crippen molar-refractivity contribution in [2.45, 2.75) is 44.6 Å². The smallest absolute Gasteiger partial charge is 0.243 e. The second-order valence-electron chi connectivity index (χ2n) is 5.09. The number of hydrogen-bond acceptors (Lipinski definition) is 5. The van der Waals surface area contributed by atoms with E-state index < -0.39 is 10.0 Å². The SMILES string of the molecule is CCCNc1cc(S(=O)(=O)N(CCCO)C(C)C)ccn1. The molecule has 2 N–H and O–H groups in total. The van der Waals surface area contributed by atoms with E-state index in [1.807, 2.05) is 20.8 Å². The highest BCUT2D eigenvalue weighted by Crippen LogP contribution is 2.20. The molecule has 7 heteroatoms. The summed E-state index contributed by atoms with van der Waals surface area (Å²) in [6.07, 6.45) is 2.85. The Morgan fingerprint density at radius 2 is 2.14 bits per heavy atom. The van der Waals surface area contributed by atoms with Crippen molar-refractivity contribution in [2.24, 2.45) is 0 Å². The highest BCUT2D eigenvalue weighted by atomic mass is 32.2. The van der Waals surface area contributed by atoms with Crippen molar-refractivity contribution in [3.05, 3.63) is 18.3 Å². The number of aliphatic hydroxyl groups excluding tert-OH is 1. The molecule has 1 aromatic rings. The molecule has 0 bridgehead atoms. The van der Waals surface area contributed by atoms with E-state index in [4.69, 9.17) is 5.11 Å². The minimum Gasteiger partial charge on any atom is -0.396 e. The largest absolute Gasteiger partial charge is 0.396 e. The maximum absolute atomic E-state index is 12.7. The van der Waals surface area contributed by atoms with Gasteiger partial charge in [0, 0.05) is 38.0 Å². The minimum atomic E-state index is -3.58. The van der Waals surface area contributed by atoms with Crippen LogP contribution in [0.4, 0.5) is 5.82 Å². The Bertz CT molecular complexity index is 532. The molecule has 0 spiro atoms. The third-order valence-electron chi connectivity index (χ3n) is 3.01. The number of anilines is 1. The number of rotatable bonds is 9. The minimum absolute atomic E-state index is 0.0294. The Labute approximate surface area is 127 Å². The molecule has 1 heterocycles. The molecule has 0 fully saturated rings. The van der Waals surface area contributed by atoms with Gasteiger partial charge < -0.3 is 10.4 Å². The standard InChI is InChI=1S/C14H25N3O3S/c1-4-7-15-14-11-13(6-8-16-14)21(19,20)17(12(2)3)9-5-10-18/h6,8,11-12,18H,4-5,7,9-10H2,1-3H3,(H,15,16). The highest BCUT2D eigenvalue weighted by Gasteiger charge is 2.26. The Balaban J connectivity index is 3.04. The van der Waals surface area contributed by atoms with Crippen LogP contribution in [0.2, 0.25) is 0 Å². The van der Waals surface area contributed by atoms with Gasteiger partial charge in [0.2, 0.25) is 10.0 Å². The van der Waals surface area contributed by atoms with Crippen LogP contribution in [-0.2, 0) is 10.0 Å². The predicted octanol–water partition coefficient (Wildman–Crippen LogP) is 1.68. The summed E-state index contributed by atoms with van der Waals surface area (Å²) in [6, 6.07) is 2.89. The van der Waals surface area contributed by atoms with Crippen molar-refractivity contribution < 1.29 is 13.5 Å². The van der Waals surface area contributed by atoms with Gasteiger partial charge >= 0.3 is 0 Å². The van der Waals surface area contributed by atoms with Crippen LogP contribution in [0, 0.1) is 0 Å². The van der Waals surface area contributed by atoms with E-state index in [9.17, 15) is 8.42 Å². The first-order valence-corrected chi connectivity index (χ1v) is 8.70. The second kappa shape index (κ2) is 8.31. The molecular weight excluding hydrogens is 290 g/mol. The maximum atomic E-state index is 12.7. The molecule has 0 radical (unpaired) electrons. The summed E-state index contributed by atoms with van der Waals surface area (Å²) >= 11 is 0. The summed E-state index contributed by atoms with van der Waals surface area (Å²) in [5.74, 6) is 0.559. The van der Waals surface area contributed by atoms with E-state index in [1.54, 1.807) is 6.07 Å². The van der Waals surface area contributed by atoms with Gasteiger partial charge in [-0.3, -0.25) is 0 Å². The van der Waals surface area contributed by atoms with Crippen LogP contribution in [0.15, 0.2) is 23.2 Å². The monoisotopic (exact) mass is 315 g/mol. The van der Waals surface area contributed by atoms with Gasteiger partial charge in [-0.1, -0.05) is 6.92 Å². The molecule has 0 saturated carbocycles. The summed E-state index contributed by atoms with van der Waals surface area (Å²) in [4.78, 5) is 4.35. The predicted molar refractivity (Wildman–Crippen MR) is 83.7 cm³/mol. The van der Waals surface area contributed by atoms with Crippen molar-refractivity contribution in [3.63, 3.8) is 0 Å². The fourth-order valence-corrected chi connectivity index (χ4v) is 3.63. The zero-order valence-corrected chi connectivity index (χ0v) is 13.7. The van der Waals surface area contributed by atoms with Crippen molar-refractivity contribution in [2.75, 3.05) is 25.0 Å². The Kier molecular flexibility index (Phi) is 7.07. The molecule has 120 valence electrons. The van der Waals surface area contributed by atoms with E-state index in [-0.39, 0.29) is 17.5 Å². The Morgan fingerprint density at radius 1 is 1.43 bits per heavy atom. The zero-order chi connectivity index (χ0) is 15.9. The first-order valence-electron chi connectivity index (χ1n) is 7.26. The van der Waals surface area contributed by atoms with Gasteiger partial charge in [0.1, 0.15) is 5.82 Å². The molecule has 21 heavy (non-hydrogen) atoms. The average Bonchev–Trinajstić information content (AvgIpc) is 2.45. The molecule has 0 atom stereocenters. The quantitative estimate of drug-likeness (QED) is 0.724. The molecule has 0 unspecified atom stereocenters. The summed E-state index contributed by atoms with van der Waals surface area (Å²) in [7, 11) is -3.58. The van der Waals surface area contributed by atoms with Crippen LogP contribution in [0.1, 0.15) is 33.6 Å². The van der Waals surface area contributed by atoms with Gasteiger partial charge in [0.15, 0.2) is 0 Å². The normalized spacial score (nSPS) is 12.1. The lowest BCUT2D eigenvalue weighted by atomic mass is 10.3. The van der Waals surface area contributed by atoms with E-state index in [1.165, 1.54) is 16.6 Å². The molecular formula is C14H25N3O3S. The van der Waals surface area contributed by atoms with Gasteiger partial charge in [0.25, 0.3) is 0 Å². The number of pyridine rings is 1. The van der Waals surface area contributed by atoms with Gasteiger partial charge in [0.05, 0.1) is 4.90 Å². The summed E-state index contributed by atoms with van der Waals surface area (Å²) < 4.78 is 26.8. The number of aliphatic hydroxyl groups is 1. The van der Waals surface area contributed by atoms with Crippen LogP contribution in [0.5, 0.6) is 0 Å². The average molecular weight is 315 g/mol. The highest BCUT2D eigenvalue weighted by molar-refractivity contribution is 7.89. The fraction of sp³-hybridized carbons (Fsp3) is 0.643.